The summed E-state index contributed by atoms with van der Waals surface area (Å²) in [6.45, 7) is 4.12. The molecule has 0 aliphatic carbocycles. The lowest BCUT2D eigenvalue weighted by Crippen LogP contribution is -2.12. The first-order chi connectivity index (χ1) is 13.5. The van der Waals surface area contributed by atoms with Crippen LogP contribution in [0.25, 0.3) is 11.3 Å². The smallest absolute Gasteiger partial charge is 0.226 e. The third-order valence-electron chi connectivity index (χ3n) is 4.53. The van der Waals surface area contributed by atoms with Crippen LogP contribution in [0.2, 0.25) is 0 Å². The van der Waals surface area contributed by atoms with Gasteiger partial charge in [0.05, 0.1) is 19.9 Å². The maximum atomic E-state index is 12.4. The van der Waals surface area contributed by atoms with Crippen molar-refractivity contribution < 1.29 is 14.3 Å². The summed E-state index contributed by atoms with van der Waals surface area (Å²) in [5, 5.41) is 5.48. The molecule has 28 heavy (non-hydrogen) atoms. The summed E-state index contributed by atoms with van der Waals surface area (Å²) >= 11 is 1.43. The number of carbonyl (C=O) groups is 1. The van der Waals surface area contributed by atoms with Crippen LogP contribution < -0.4 is 14.8 Å². The van der Waals surface area contributed by atoms with E-state index >= 15 is 0 Å². The number of rotatable bonds is 7. The Labute approximate surface area is 169 Å². The number of nitrogens with one attached hydrogen (secondary N) is 1. The van der Waals surface area contributed by atoms with Crippen LogP contribution in [0.3, 0.4) is 0 Å². The molecule has 6 heteroatoms. The third kappa shape index (κ3) is 4.51. The summed E-state index contributed by atoms with van der Waals surface area (Å²) in [6.07, 6.45) is 0.892. The molecule has 0 saturated heterocycles. The van der Waals surface area contributed by atoms with Crippen molar-refractivity contribution in [1.82, 2.24) is 4.98 Å². The lowest BCUT2D eigenvalue weighted by Gasteiger charge is -2.12. The number of anilines is 1. The summed E-state index contributed by atoms with van der Waals surface area (Å²) < 4.78 is 10.7. The van der Waals surface area contributed by atoms with Crippen LogP contribution in [0.5, 0.6) is 11.5 Å². The maximum Gasteiger partial charge on any atom is 0.226 e. The van der Waals surface area contributed by atoms with E-state index in [9.17, 15) is 4.79 Å². The van der Waals surface area contributed by atoms with Crippen LogP contribution in [0.1, 0.15) is 23.1 Å². The van der Waals surface area contributed by atoms with Gasteiger partial charge in [-0.25, -0.2) is 4.98 Å². The van der Waals surface area contributed by atoms with Crippen molar-refractivity contribution >= 4 is 22.4 Å². The fourth-order valence-corrected chi connectivity index (χ4v) is 3.77. The molecule has 0 aliphatic rings. The van der Waals surface area contributed by atoms with Gasteiger partial charge in [-0.3, -0.25) is 4.79 Å². The molecule has 0 aliphatic heterocycles. The Morgan fingerprint density at radius 3 is 2.71 bits per heavy atom. The van der Waals surface area contributed by atoms with Crippen molar-refractivity contribution in [3.63, 3.8) is 0 Å². The van der Waals surface area contributed by atoms with Crippen molar-refractivity contribution in [2.75, 3.05) is 19.5 Å². The SMILES string of the molecule is COc1cccc(CCC(=O)Nc2nc(-c3cc(C)ccc3C)cs2)c1OC. The summed E-state index contributed by atoms with van der Waals surface area (Å²) in [5.41, 5.74) is 5.27. The highest BCUT2D eigenvalue weighted by atomic mass is 32.1. The van der Waals surface area contributed by atoms with Crippen LogP contribution >= 0.6 is 11.3 Å². The van der Waals surface area contributed by atoms with Crippen molar-refractivity contribution in [2.24, 2.45) is 0 Å². The molecular formula is C22H24N2O3S. The second kappa shape index (κ2) is 8.89. The Bertz CT molecular complexity index is 982. The molecule has 0 unspecified atom stereocenters. The molecule has 5 nitrogen and oxygen atoms in total. The highest BCUT2D eigenvalue weighted by molar-refractivity contribution is 7.14. The zero-order chi connectivity index (χ0) is 20.1. The second-order valence-electron chi connectivity index (χ2n) is 6.56. The number of ether oxygens (including phenoxy) is 2. The first-order valence-corrected chi connectivity index (χ1v) is 9.92. The largest absolute Gasteiger partial charge is 0.493 e. The minimum atomic E-state index is -0.0771. The number of hydrogen-bond acceptors (Lipinski definition) is 5. The van der Waals surface area contributed by atoms with Crippen molar-refractivity contribution in [1.29, 1.82) is 0 Å². The van der Waals surface area contributed by atoms with Crippen LogP contribution in [0, 0.1) is 13.8 Å². The van der Waals surface area contributed by atoms with Crippen LogP contribution in [0.4, 0.5) is 5.13 Å². The van der Waals surface area contributed by atoms with E-state index in [4.69, 9.17) is 9.47 Å². The molecule has 0 spiro atoms. The molecule has 1 heterocycles. The summed E-state index contributed by atoms with van der Waals surface area (Å²) in [6, 6.07) is 12.0. The van der Waals surface area contributed by atoms with Gasteiger partial charge in [0.1, 0.15) is 0 Å². The van der Waals surface area contributed by atoms with E-state index in [1.54, 1.807) is 14.2 Å². The van der Waals surface area contributed by atoms with Gasteiger partial charge in [-0.2, -0.15) is 0 Å². The van der Waals surface area contributed by atoms with E-state index in [1.165, 1.54) is 22.5 Å². The van der Waals surface area contributed by atoms with Crippen molar-refractivity contribution in [3.05, 3.63) is 58.5 Å². The molecule has 0 atom stereocenters. The van der Waals surface area contributed by atoms with E-state index < -0.39 is 0 Å². The van der Waals surface area contributed by atoms with Crippen LogP contribution in [-0.2, 0) is 11.2 Å². The Hall–Kier alpha value is -2.86. The van der Waals surface area contributed by atoms with Gasteiger partial charge in [0.25, 0.3) is 0 Å². The molecule has 2 aromatic carbocycles. The fraction of sp³-hybridized carbons (Fsp3) is 0.273. The second-order valence-corrected chi connectivity index (χ2v) is 7.42. The average Bonchev–Trinajstić information content (AvgIpc) is 3.15. The number of para-hydroxylation sites is 1. The molecule has 0 radical (unpaired) electrons. The number of amides is 1. The molecule has 146 valence electrons. The van der Waals surface area contributed by atoms with E-state index in [0.29, 0.717) is 29.5 Å². The highest BCUT2D eigenvalue weighted by Crippen LogP contribution is 2.32. The third-order valence-corrected chi connectivity index (χ3v) is 5.28. The maximum absolute atomic E-state index is 12.4. The van der Waals surface area contributed by atoms with Gasteiger partial charge in [0, 0.05) is 17.4 Å². The van der Waals surface area contributed by atoms with E-state index in [2.05, 4.69) is 42.3 Å². The molecule has 3 rings (SSSR count). The van der Waals surface area contributed by atoms with Crippen molar-refractivity contribution in [2.45, 2.75) is 26.7 Å². The first-order valence-electron chi connectivity index (χ1n) is 9.04. The van der Waals surface area contributed by atoms with Gasteiger partial charge in [-0.05, 0) is 43.5 Å². The van der Waals surface area contributed by atoms with Gasteiger partial charge in [-0.15, -0.1) is 11.3 Å². The Morgan fingerprint density at radius 1 is 1.14 bits per heavy atom. The number of aryl methyl sites for hydroxylation is 3. The molecule has 0 bridgehead atoms. The quantitative estimate of drug-likeness (QED) is 0.609. The number of nitrogens with zero attached hydrogens (tertiary/aromatic N) is 1. The first kappa shape index (κ1) is 19.9. The lowest BCUT2D eigenvalue weighted by atomic mass is 10.0. The number of carbonyl (C=O) groups excluding carboxylic acids is 1. The predicted octanol–water partition coefficient (Wildman–Crippen LogP) is 5.02. The van der Waals surface area contributed by atoms with Gasteiger partial charge in [-0.1, -0.05) is 29.8 Å². The number of thiazole rings is 1. The Kier molecular flexibility index (Phi) is 6.31. The molecule has 1 N–H and O–H groups in total. The van der Waals surface area contributed by atoms with Crippen LogP contribution in [0.15, 0.2) is 41.8 Å². The van der Waals surface area contributed by atoms with E-state index in [1.807, 2.05) is 23.6 Å². The van der Waals surface area contributed by atoms with Crippen LogP contribution in [-0.4, -0.2) is 25.1 Å². The van der Waals surface area contributed by atoms with E-state index in [-0.39, 0.29) is 5.91 Å². The zero-order valence-electron chi connectivity index (χ0n) is 16.5. The Morgan fingerprint density at radius 2 is 1.96 bits per heavy atom. The molecule has 0 fully saturated rings. The van der Waals surface area contributed by atoms with Gasteiger partial charge >= 0.3 is 0 Å². The monoisotopic (exact) mass is 396 g/mol. The summed E-state index contributed by atoms with van der Waals surface area (Å²) in [4.78, 5) is 17.0. The molecule has 0 saturated carbocycles. The average molecular weight is 397 g/mol. The fourth-order valence-electron chi connectivity index (χ4n) is 3.05. The zero-order valence-corrected chi connectivity index (χ0v) is 17.4. The molecule has 1 aromatic heterocycles. The standard InChI is InChI=1S/C22H24N2O3S/c1-14-8-9-15(2)17(12-14)18-13-28-22(23-18)24-20(25)11-10-16-6-5-7-19(26-3)21(16)27-4/h5-9,12-13H,10-11H2,1-4H3,(H,23,24,25). The van der Waals surface area contributed by atoms with Gasteiger partial charge < -0.3 is 14.8 Å². The van der Waals surface area contributed by atoms with E-state index in [0.717, 1.165) is 16.8 Å². The summed E-state index contributed by atoms with van der Waals surface area (Å²) in [7, 11) is 3.20. The topological polar surface area (TPSA) is 60.5 Å². The Balaban J connectivity index is 1.65. The molecule has 3 aromatic rings. The number of benzene rings is 2. The number of aromatic nitrogens is 1. The highest BCUT2D eigenvalue weighted by Gasteiger charge is 2.13. The van der Waals surface area contributed by atoms with Gasteiger partial charge in [0.2, 0.25) is 5.91 Å². The number of hydrogen-bond donors (Lipinski definition) is 1. The summed E-state index contributed by atoms with van der Waals surface area (Å²) in [5.74, 6) is 1.26. The minimum Gasteiger partial charge on any atom is -0.493 e. The minimum absolute atomic E-state index is 0.0771. The van der Waals surface area contributed by atoms with Gasteiger partial charge in [0.15, 0.2) is 16.6 Å². The molecular weight excluding hydrogens is 372 g/mol. The van der Waals surface area contributed by atoms with Crippen molar-refractivity contribution in [3.8, 4) is 22.8 Å². The number of methoxy groups -OCH3 is 2. The normalized spacial score (nSPS) is 10.6. The lowest BCUT2D eigenvalue weighted by molar-refractivity contribution is -0.116. The predicted molar refractivity (Wildman–Crippen MR) is 114 cm³/mol. The molecule has 1 amide bonds.